The normalized spacial score (nSPS) is 11.3. The highest BCUT2D eigenvalue weighted by Gasteiger charge is 2.25. The first-order valence-electron chi connectivity index (χ1n) is 9.19. The fourth-order valence-corrected chi connectivity index (χ4v) is 4.47. The third-order valence-electron chi connectivity index (χ3n) is 4.67. The minimum atomic E-state index is -3.80. The molecular weight excluding hydrogens is 382 g/mol. The zero-order valence-corrected chi connectivity index (χ0v) is 16.4. The fraction of sp³-hybridized carbons (Fsp3) is 0.0417. The molecule has 144 valence electrons. The van der Waals surface area contributed by atoms with Crippen LogP contribution in [0.2, 0.25) is 0 Å². The van der Waals surface area contributed by atoms with Crippen LogP contribution in [0.4, 0.5) is 11.4 Å². The highest BCUT2D eigenvalue weighted by atomic mass is 32.2. The van der Waals surface area contributed by atoms with Gasteiger partial charge in [-0.3, -0.25) is 9.69 Å². The summed E-state index contributed by atoms with van der Waals surface area (Å²) in [6.07, 6.45) is 0. The van der Waals surface area contributed by atoms with Crippen LogP contribution in [0.1, 0.15) is 0 Å². The van der Waals surface area contributed by atoms with E-state index in [0.29, 0.717) is 11.4 Å². The molecule has 0 radical (unpaired) electrons. The van der Waals surface area contributed by atoms with Gasteiger partial charge in [0.1, 0.15) is 5.75 Å². The van der Waals surface area contributed by atoms with Gasteiger partial charge in [0, 0.05) is 11.4 Å². The van der Waals surface area contributed by atoms with E-state index < -0.39 is 21.5 Å². The lowest BCUT2D eigenvalue weighted by molar-refractivity contribution is -0.115. The summed E-state index contributed by atoms with van der Waals surface area (Å²) in [6, 6.07) is 30.6. The highest BCUT2D eigenvalue weighted by Crippen LogP contribution is 2.27. The second-order valence-corrected chi connectivity index (χ2v) is 8.66. The predicted molar refractivity (Wildman–Crippen MR) is 116 cm³/mol. The Labute approximate surface area is 170 Å². The molecule has 0 spiro atoms. The van der Waals surface area contributed by atoms with E-state index >= 15 is 0 Å². The number of hydrogen-bond acceptors (Lipinski definition) is 3. The number of hydrogen-bond donors (Lipinski definition) is 0. The maximum absolute atomic E-state index is 13.1. The molecule has 1 amide bonds. The lowest BCUT2D eigenvalue weighted by Gasteiger charge is -2.23. The number of anilines is 2. The second kappa shape index (κ2) is 7.89. The lowest BCUT2D eigenvalue weighted by Crippen LogP contribution is -2.32. The predicted octanol–water partition coefficient (Wildman–Crippen LogP) is 4.98. The van der Waals surface area contributed by atoms with Crippen molar-refractivity contribution in [3.05, 3.63) is 103 Å². The van der Waals surface area contributed by atoms with E-state index in [9.17, 15) is 13.2 Å². The molecule has 29 heavy (non-hydrogen) atoms. The molecule has 0 saturated carbocycles. The number of benzene rings is 4. The Kier molecular flexibility index (Phi) is 5.14. The number of amides is 1. The van der Waals surface area contributed by atoms with Crippen LogP contribution < -0.4 is 4.90 Å². The summed E-state index contributed by atoms with van der Waals surface area (Å²) >= 11 is 0. The van der Waals surface area contributed by atoms with Crippen molar-refractivity contribution in [3.63, 3.8) is 0 Å². The molecule has 0 fully saturated rings. The first kappa shape index (κ1) is 18.9. The molecule has 0 bridgehead atoms. The monoisotopic (exact) mass is 401 g/mol. The summed E-state index contributed by atoms with van der Waals surface area (Å²) in [7, 11) is -3.80. The van der Waals surface area contributed by atoms with Gasteiger partial charge in [0.15, 0.2) is 9.84 Å². The first-order chi connectivity index (χ1) is 14.0. The Morgan fingerprint density at radius 2 is 1.17 bits per heavy atom. The van der Waals surface area contributed by atoms with Crippen LogP contribution in [0.5, 0.6) is 0 Å². The van der Waals surface area contributed by atoms with Gasteiger partial charge in [0.05, 0.1) is 4.90 Å². The number of sulfone groups is 1. The SMILES string of the molecule is O=C(CS(=O)(=O)c1ccc2ccccc2c1)N(c1ccccc1)c1ccccc1. The van der Waals surface area contributed by atoms with Crippen molar-refractivity contribution in [3.8, 4) is 0 Å². The maximum atomic E-state index is 13.1. The van der Waals surface area contributed by atoms with Gasteiger partial charge in [-0.15, -0.1) is 0 Å². The highest BCUT2D eigenvalue weighted by molar-refractivity contribution is 7.92. The average Bonchev–Trinajstić information content (AvgIpc) is 2.75. The number of carbonyl (C=O) groups excluding carboxylic acids is 1. The largest absolute Gasteiger partial charge is 0.280 e. The smallest absolute Gasteiger partial charge is 0.247 e. The standard InChI is InChI=1S/C24H19NO3S/c26-24(25(21-11-3-1-4-12-21)22-13-5-2-6-14-22)18-29(27,28)23-16-15-19-9-7-8-10-20(19)17-23/h1-17H,18H2. The average molecular weight is 401 g/mol. The molecule has 4 rings (SSSR count). The van der Waals surface area contributed by atoms with E-state index in [-0.39, 0.29) is 4.90 Å². The van der Waals surface area contributed by atoms with Gasteiger partial charge in [-0.05, 0) is 47.2 Å². The molecule has 0 aliphatic rings. The van der Waals surface area contributed by atoms with Gasteiger partial charge in [0.2, 0.25) is 5.91 Å². The number of carbonyl (C=O) groups is 1. The topological polar surface area (TPSA) is 54.5 Å². The Hall–Kier alpha value is -3.44. The molecule has 4 aromatic carbocycles. The number of para-hydroxylation sites is 2. The van der Waals surface area contributed by atoms with E-state index in [1.165, 1.54) is 4.90 Å². The van der Waals surface area contributed by atoms with Crippen LogP contribution in [0, 0.1) is 0 Å². The van der Waals surface area contributed by atoms with Crippen molar-refractivity contribution in [2.75, 3.05) is 10.7 Å². The van der Waals surface area contributed by atoms with Crippen LogP contribution in [0.3, 0.4) is 0 Å². The first-order valence-corrected chi connectivity index (χ1v) is 10.8. The molecule has 4 nitrogen and oxygen atoms in total. The lowest BCUT2D eigenvalue weighted by atomic mass is 10.1. The summed E-state index contributed by atoms with van der Waals surface area (Å²) in [5.41, 5.74) is 1.25. The van der Waals surface area contributed by atoms with Gasteiger partial charge in [-0.1, -0.05) is 66.7 Å². The quantitative estimate of drug-likeness (QED) is 0.474. The fourth-order valence-electron chi connectivity index (χ4n) is 3.26. The molecule has 0 saturated heterocycles. The molecule has 0 aromatic heterocycles. The summed E-state index contributed by atoms with van der Waals surface area (Å²) in [4.78, 5) is 14.7. The Balaban J connectivity index is 1.69. The van der Waals surface area contributed by atoms with Gasteiger partial charge in [-0.2, -0.15) is 0 Å². The van der Waals surface area contributed by atoms with Crippen molar-refractivity contribution in [2.24, 2.45) is 0 Å². The summed E-state index contributed by atoms with van der Waals surface area (Å²) in [6.45, 7) is 0. The molecule has 0 aliphatic carbocycles. The van der Waals surface area contributed by atoms with Crippen molar-refractivity contribution >= 4 is 37.9 Å². The van der Waals surface area contributed by atoms with Gasteiger partial charge >= 0.3 is 0 Å². The molecule has 5 heteroatoms. The van der Waals surface area contributed by atoms with E-state index in [2.05, 4.69) is 0 Å². The Bertz CT molecular complexity index is 1210. The van der Waals surface area contributed by atoms with Gasteiger partial charge in [-0.25, -0.2) is 8.42 Å². The van der Waals surface area contributed by atoms with E-state index in [0.717, 1.165) is 10.8 Å². The van der Waals surface area contributed by atoms with Crippen molar-refractivity contribution in [2.45, 2.75) is 4.90 Å². The summed E-state index contributed by atoms with van der Waals surface area (Å²) < 4.78 is 26.0. The minimum absolute atomic E-state index is 0.144. The second-order valence-electron chi connectivity index (χ2n) is 6.67. The van der Waals surface area contributed by atoms with Gasteiger partial charge in [0.25, 0.3) is 0 Å². The number of fused-ring (bicyclic) bond motifs is 1. The van der Waals surface area contributed by atoms with Crippen LogP contribution in [-0.2, 0) is 14.6 Å². The molecule has 4 aromatic rings. The zero-order valence-electron chi connectivity index (χ0n) is 15.6. The van der Waals surface area contributed by atoms with Crippen molar-refractivity contribution in [1.29, 1.82) is 0 Å². The van der Waals surface area contributed by atoms with Crippen LogP contribution in [0.25, 0.3) is 10.8 Å². The van der Waals surface area contributed by atoms with E-state index in [1.807, 2.05) is 60.7 Å². The molecule has 0 N–H and O–H groups in total. The third kappa shape index (κ3) is 4.05. The van der Waals surface area contributed by atoms with Crippen LogP contribution in [0.15, 0.2) is 108 Å². The molecule has 0 unspecified atom stereocenters. The third-order valence-corrected chi connectivity index (χ3v) is 6.27. The maximum Gasteiger partial charge on any atom is 0.247 e. The molecular formula is C24H19NO3S. The molecule has 0 aliphatic heterocycles. The van der Waals surface area contributed by atoms with Gasteiger partial charge < -0.3 is 0 Å². The summed E-state index contributed by atoms with van der Waals surface area (Å²) in [5, 5.41) is 1.77. The van der Waals surface area contributed by atoms with Crippen LogP contribution in [-0.4, -0.2) is 20.1 Å². The zero-order chi connectivity index (χ0) is 20.3. The number of rotatable bonds is 5. The number of nitrogens with zero attached hydrogens (tertiary/aromatic N) is 1. The summed E-state index contributed by atoms with van der Waals surface area (Å²) in [5.74, 6) is -1.12. The van der Waals surface area contributed by atoms with E-state index in [4.69, 9.17) is 0 Å². The minimum Gasteiger partial charge on any atom is -0.280 e. The van der Waals surface area contributed by atoms with E-state index in [1.54, 1.807) is 42.5 Å². The van der Waals surface area contributed by atoms with Crippen LogP contribution >= 0.6 is 0 Å². The van der Waals surface area contributed by atoms with Crippen molar-refractivity contribution < 1.29 is 13.2 Å². The molecule has 0 atom stereocenters. The van der Waals surface area contributed by atoms with Crippen molar-refractivity contribution in [1.82, 2.24) is 0 Å². The Morgan fingerprint density at radius 3 is 1.76 bits per heavy atom. The Morgan fingerprint density at radius 1 is 0.655 bits per heavy atom. The molecule has 0 heterocycles.